The first-order chi connectivity index (χ1) is 14.0. The summed E-state index contributed by atoms with van der Waals surface area (Å²) in [5.74, 6) is 0. The zero-order valence-corrected chi connectivity index (χ0v) is 17.5. The van der Waals surface area contributed by atoms with Gasteiger partial charge in [0.15, 0.2) is 0 Å². The maximum atomic E-state index is 12.1. The number of aryl methyl sites for hydroxylation is 1. The molecular formula is C24H28N2O2S. The van der Waals surface area contributed by atoms with Gasteiger partial charge in [-0.15, -0.1) is 0 Å². The molecular weight excluding hydrogens is 380 g/mol. The van der Waals surface area contributed by atoms with Crippen molar-refractivity contribution in [1.29, 1.82) is 0 Å². The van der Waals surface area contributed by atoms with Gasteiger partial charge in [0.1, 0.15) is 0 Å². The molecule has 0 bridgehead atoms. The van der Waals surface area contributed by atoms with Crippen molar-refractivity contribution in [2.75, 3.05) is 12.8 Å². The van der Waals surface area contributed by atoms with Gasteiger partial charge in [-0.2, -0.15) is 0 Å². The molecule has 0 aliphatic rings. The highest BCUT2D eigenvalue weighted by atomic mass is 32.2. The number of hydrogen-bond acceptors (Lipinski definition) is 3. The molecule has 29 heavy (non-hydrogen) atoms. The Hall–Kier alpha value is -2.47. The van der Waals surface area contributed by atoms with Crippen LogP contribution in [0.15, 0.2) is 91.0 Å². The fourth-order valence-electron chi connectivity index (χ4n) is 3.50. The van der Waals surface area contributed by atoms with Gasteiger partial charge in [-0.3, -0.25) is 0 Å². The highest BCUT2D eigenvalue weighted by Crippen LogP contribution is 2.29. The lowest BCUT2D eigenvalue weighted by molar-refractivity contribution is 0.421. The standard InChI is InChI=1S/C24H28N2O2S/c1-29(27,28)26-24(22-17-9-4-10-18-22)23(21-15-7-3-8-16-21)25-19-11-14-20-12-5-2-6-13-20/h2-10,12-13,15-18,23-26H,11,14,19H2,1H3/t23-,24-/m0/s1. The average molecular weight is 409 g/mol. The van der Waals surface area contributed by atoms with E-state index in [1.165, 1.54) is 11.8 Å². The first kappa shape index (κ1) is 21.2. The molecule has 0 aromatic heterocycles. The van der Waals surface area contributed by atoms with Gasteiger partial charge in [0.25, 0.3) is 0 Å². The fourth-order valence-corrected chi connectivity index (χ4v) is 4.24. The molecule has 2 N–H and O–H groups in total. The monoisotopic (exact) mass is 408 g/mol. The van der Waals surface area contributed by atoms with E-state index in [2.05, 4.69) is 34.3 Å². The summed E-state index contributed by atoms with van der Waals surface area (Å²) in [6.07, 6.45) is 3.15. The summed E-state index contributed by atoms with van der Waals surface area (Å²) < 4.78 is 27.1. The predicted octanol–water partition coefficient (Wildman–Crippen LogP) is 4.24. The normalized spacial score (nSPS) is 13.7. The van der Waals surface area contributed by atoms with Gasteiger partial charge < -0.3 is 5.32 Å². The zero-order valence-electron chi connectivity index (χ0n) is 16.7. The Bertz CT molecular complexity index is 962. The third-order valence-corrected chi connectivity index (χ3v) is 5.52. The molecule has 0 heterocycles. The second-order valence-corrected chi connectivity index (χ2v) is 8.99. The van der Waals surface area contributed by atoms with Crippen LogP contribution in [0, 0.1) is 0 Å². The van der Waals surface area contributed by atoms with Crippen LogP contribution >= 0.6 is 0 Å². The molecule has 0 radical (unpaired) electrons. The van der Waals surface area contributed by atoms with E-state index < -0.39 is 16.1 Å². The van der Waals surface area contributed by atoms with E-state index in [9.17, 15) is 8.42 Å². The minimum atomic E-state index is -3.39. The molecule has 152 valence electrons. The van der Waals surface area contributed by atoms with Crippen molar-refractivity contribution in [3.63, 3.8) is 0 Å². The Morgan fingerprint density at radius 2 is 1.21 bits per heavy atom. The lowest BCUT2D eigenvalue weighted by Crippen LogP contribution is -2.38. The quantitative estimate of drug-likeness (QED) is 0.493. The van der Waals surface area contributed by atoms with Gasteiger partial charge in [0.2, 0.25) is 10.0 Å². The Morgan fingerprint density at radius 3 is 1.72 bits per heavy atom. The molecule has 2 atom stereocenters. The molecule has 3 aromatic carbocycles. The summed E-state index contributed by atoms with van der Waals surface area (Å²) in [6.45, 7) is 0.781. The van der Waals surface area contributed by atoms with Crippen molar-refractivity contribution in [2.24, 2.45) is 0 Å². The van der Waals surface area contributed by atoms with Crippen molar-refractivity contribution in [3.05, 3.63) is 108 Å². The number of sulfonamides is 1. The van der Waals surface area contributed by atoms with E-state index in [-0.39, 0.29) is 6.04 Å². The van der Waals surface area contributed by atoms with Crippen LogP contribution in [-0.2, 0) is 16.4 Å². The molecule has 0 aliphatic carbocycles. The van der Waals surface area contributed by atoms with Crippen LogP contribution in [0.4, 0.5) is 0 Å². The Balaban J connectivity index is 1.80. The van der Waals surface area contributed by atoms with Gasteiger partial charge in [-0.05, 0) is 36.1 Å². The van der Waals surface area contributed by atoms with Crippen molar-refractivity contribution in [3.8, 4) is 0 Å². The Labute approximate surface area is 174 Å². The molecule has 0 fully saturated rings. The Kier molecular flexibility index (Phi) is 7.58. The van der Waals surface area contributed by atoms with E-state index in [1.54, 1.807) is 0 Å². The van der Waals surface area contributed by atoms with E-state index >= 15 is 0 Å². The summed E-state index contributed by atoms with van der Waals surface area (Å²) in [6, 6.07) is 29.6. The van der Waals surface area contributed by atoms with Crippen molar-refractivity contribution < 1.29 is 8.42 Å². The van der Waals surface area contributed by atoms with Crippen LogP contribution in [0.1, 0.15) is 35.2 Å². The molecule has 0 amide bonds. The largest absolute Gasteiger partial charge is 0.308 e. The highest BCUT2D eigenvalue weighted by Gasteiger charge is 2.27. The summed E-state index contributed by atoms with van der Waals surface area (Å²) in [4.78, 5) is 0. The molecule has 0 aliphatic heterocycles. The summed E-state index contributed by atoms with van der Waals surface area (Å²) in [5, 5.41) is 3.60. The molecule has 3 aromatic rings. The SMILES string of the molecule is CS(=O)(=O)N[C@@H](c1ccccc1)[C@@H](NCCCc1ccccc1)c1ccccc1. The minimum absolute atomic E-state index is 0.177. The Morgan fingerprint density at radius 1 is 0.724 bits per heavy atom. The maximum absolute atomic E-state index is 12.1. The van der Waals surface area contributed by atoms with E-state index in [0.29, 0.717) is 0 Å². The van der Waals surface area contributed by atoms with E-state index in [1.807, 2.05) is 66.7 Å². The number of rotatable bonds is 10. The molecule has 0 unspecified atom stereocenters. The molecule has 0 saturated carbocycles. The number of nitrogens with one attached hydrogen (secondary N) is 2. The third-order valence-electron chi connectivity index (χ3n) is 4.84. The van der Waals surface area contributed by atoms with Crippen molar-refractivity contribution in [1.82, 2.24) is 10.0 Å². The number of hydrogen-bond donors (Lipinski definition) is 2. The van der Waals surface area contributed by atoms with Gasteiger partial charge >= 0.3 is 0 Å². The molecule has 0 spiro atoms. The smallest absolute Gasteiger partial charge is 0.209 e. The van der Waals surface area contributed by atoms with Crippen LogP contribution in [0.25, 0.3) is 0 Å². The fraction of sp³-hybridized carbons (Fsp3) is 0.250. The van der Waals surface area contributed by atoms with Crippen molar-refractivity contribution >= 4 is 10.0 Å². The van der Waals surface area contributed by atoms with Gasteiger partial charge in [-0.25, -0.2) is 13.1 Å². The van der Waals surface area contributed by atoms with Crippen LogP contribution in [0.3, 0.4) is 0 Å². The van der Waals surface area contributed by atoms with Crippen LogP contribution in [0.5, 0.6) is 0 Å². The van der Waals surface area contributed by atoms with Gasteiger partial charge in [-0.1, -0.05) is 91.0 Å². The summed E-state index contributed by atoms with van der Waals surface area (Å²) >= 11 is 0. The van der Waals surface area contributed by atoms with E-state index in [4.69, 9.17) is 0 Å². The van der Waals surface area contributed by atoms with Crippen LogP contribution in [-0.4, -0.2) is 21.2 Å². The lowest BCUT2D eigenvalue weighted by Gasteiger charge is -2.29. The van der Waals surface area contributed by atoms with Crippen LogP contribution < -0.4 is 10.0 Å². The predicted molar refractivity (Wildman–Crippen MR) is 119 cm³/mol. The molecule has 3 rings (SSSR count). The van der Waals surface area contributed by atoms with Gasteiger partial charge in [0, 0.05) is 0 Å². The zero-order chi connectivity index (χ0) is 20.5. The van der Waals surface area contributed by atoms with E-state index in [0.717, 1.165) is 30.5 Å². The van der Waals surface area contributed by atoms with Gasteiger partial charge in [0.05, 0.1) is 18.3 Å². The first-order valence-electron chi connectivity index (χ1n) is 9.87. The minimum Gasteiger partial charge on any atom is -0.308 e. The molecule has 0 saturated heterocycles. The lowest BCUT2D eigenvalue weighted by atomic mass is 9.94. The molecule has 4 nitrogen and oxygen atoms in total. The first-order valence-corrected chi connectivity index (χ1v) is 11.8. The average Bonchev–Trinajstić information content (AvgIpc) is 2.74. The second-order valence-electron chi connectivity index (χ2n) is 7.21. The molecule has 5 heteroatoms. The number of benzene rings is 3. The topological polar surface area (TPSA) is 58.2 Å². The second kappa shape index (κ2) is 10.3. The summed E-state index contributed by atoms with van der Waals surface area (Å²) in [7, 11) is -3.39. The highest BCUT2D eigenvalue weighted by molar-refractivity contribution is 7.88. The van der Waals surface area contributed by atoms with Crippen molar-refractivity contribution in [2.45, 2.75) is 24.9 Å². The maximum Gasteiger partial charge on any atom is 0.209 e. The van der Waals surface area contributed by atoms with Crippen LogP contribution in [0.2, 0.25) is 0 Å². The third kappa shape index (κ3) is 6.82. The summed E-state index contributed by atoms with van der Waals surface area (Å²) in [5.41, 5.74) is 3.29.